The van der Waals surface area contributed by atoms with Crippen LogP contribution in [0.1, 0.15) is 22.4 Å². The molecule has 8 heteroatoms. The Morgan fingerprint density at radius 1 is 1.07 bits per heavy atom. The summed E-state index contributed by atoms with van der Waals surface area (Å²) in [6.07, 6.45) is 1.69. The Labute approximate surface area is 171 Å². The third-order valence-electron chi connectivity index (χ3n) is 4.59. The van der Waals surface area contributed by atoms with E-state index in [0.717, 1.165) is 16.8 Å². The van der Waals surface area contributed by atoms with Crippen LogP contribution in [0.15, 0.2) is 64.1 Å². The first-order valence-electron chi connectivity index (χ1n) is 8.87. The van der Waals surface area contributed by atoms with Crippen molar-refractivity contribution in [2.45, 2.75) is 20.0 Å². The standard InChI is InChI=1S/C21H16ClN5O2/c1-14-19(24-13-26(14)11-16-6-8-18(22)9-7-16)20-25-27(21(28)29-20)12-17-4-2-15(10-23)3-5-17/h2-9,13H,11-12H2,1H3. The molecule has 0 aliphatic carbocycles. The van der Waals surface area contributed by atoms with Crippen LogP contribution >= 0.6 is 11.6 Å². The molecule has 0 aliphatic rings. The highest BCUT2D eigenvalue weighted by Gasteiger charge is 2.17. The second kappa shape index (κ2) is 7.78. The lowest BCUT2D eigenvalue weighted by molar-refractivity contribution is 0.494. The second-order valence-corrected chi connectivity index (χ2v) is 7.01. The average Bonchev–Trinajstić information content (AvgIpc) is 3.27. The van der Waals surface area contributed by atoms with Crippen molar-refractivity contribution in [3.8, 4) is 17.7 Å². The smallest absolute Gasteiger partial charge is 0.386 e. The lowest BCUT2D eigenvalue weighted by atomic mass is 10.1. The zero-order valence-electron chi connectivity index (χ0n) is 15.5. The van der Waals surface area contributed by atoms with Gasteiger partial charge in [0.2, 0.25) is 0 Å². The predicted octanol–water partition coefficient (Wildman–Crippen LogP) is 3.63. The third-order valence-corrected chi connectivity index (χ3v) is 4.84. The van der Waals surface area contributed by atoms with E-state index >= 15 is 0 Å². The van der Waals surface area contributed by atoms with E-state index in [1.54, 1.807) is 30.6 Å². The van der Waals surface area contributed by atoms with E-state index in [4.69, 9.17) is 21.3 Å². The molecule has 0 saturated carbocycles. The minimum atomic E-state index is -0.559. The molecule has 7 nitrogen and oxygen atoms in total. The Kier molecular flexibility index (Phi) is 5.02. The second-order valence-electron chi connectivity index (χ2n) is 6.57. The van der Waals surface area contributed by atoms with Crippen molar-refractivity contribution in [2.24, 2.45) is 0 Å². The molecule has 29 heavy (non-hydrogen) atoms. The molecule has 0 spiro atoms. The number of aromatic nitrogens is 4. The SMILES string of the molecule is Cc1c(-c2nn(Cc3ccc(C#N)cc3)c(=O)o2)ncn1Cc1ccc(Cl)cc1. The maximum absolute atomic E-state index is 12.2. The summed E-state index contributed by atoms with van der Waals surface area (Å²) in [4.78, 5) is 16.6. The lowest BCUT2D eigenvalue weighted by Gasteiger charge is -2.05. The molecule has 0 aliphatic heterocycles. The predicted molar refractivity (Wildman–Crippen MR) is 108 cm³/mol. The number of hydrogen-bond donors (Lipinski definition) is 0. The number of nitriles is 1. The Hall–Kier alpha value is -3.63. The van der Waals surface area contributed by atoms with Gasteiger partial charge >= 0.3 is 5.76 Å². The lowest BCUT2D eigenvalue weighted by Crippen LogP contribution is -2.16. The van der Waals surface area contributed by atoms with Gasteiger partial charge in [0, 0.05) is 17.3 Å². The summed E-state index contributed by atoms with van der Waals surface area (Å²) >= 11 is 5.93. The van der Waals surface area contributed by atoms with Crippen molar-refractivity contribution in [1.82, 2.24) is 19.3 Å². The largest absolute Gasteiger partial charge is 0.437 e. The van der Waals surface area contributed by atoms with E-state index in [0.29, 0.717) is 22.8 Å². The van der Waals surface area contributed by atoms with Crippen molar-refractivity contribution in [3.63, 3.8) is 0 Å². The summed E-state index contributed by atoms with van der Waals surface area (Å²) in [5, 5.41) is 13.9. The van der Waals surface area contributed by atoms with Gasteiger partial charge < -0.3 is 8.98 Å². The highest BCUT2D eigenvalue weighted by Crippen LogP contribution is 2.20. The van der Waals surface area contributed by atoms with Gasteiger partial charge in [0.15, 0.2) is 0 Å². The summed E-state index contributed by atoms with van der Waals surface area (Å²) < 4.78 is 8.53. The zero-order valence-corrected chi connectivity index (χ0v) is 16.3. The van der Waals surface area contributed by atoms with Crippen molar-refractivity contribution < 1.29 is 4.42 Å². The van der Waals surface area contributed by atoms with Crippen LogP contribution in [0.25, 0.3) is 11.6 Å². The molecule has 0 N–H and O–H groups in total. The van der Waals surface area contributed by atoms with E-state index in [-0.39, 0.29) is 12.4 Å². The molecule has 0 saturated heterocycles. The van der Waals surface area contributed by atoms with Crippen LogP contribution in [0, 0.1) is 18.3 Å². The topological polar surface area (TPSA) is 89.6 Å². The fourth-order valence-corrected chi connectivity index (χ4v) is 3.08. The molecule has 2 aromatic carbocycles. The fraction of sp³-hybridized carbons (Fsp3) is 0.143. The molecule has 0 bridgehead atoms. The minimum Gasteiger partial charge on any atom is -0.386 e. The fourth-order valence-electron chi connectivity index (χ4n) is 2.96. The molecule has 4 aromatic rings. The highest BCUT2D eigenvalue weighted by molar-refractivity contribution is 6.30. The molecule has 2 heterocycles. The van der Waals surface area contributed by atoms with Gasteiger partial charge in [0.05, 0.1) is 24.5 Å². The van der Waals surface area contributed by atoms with E-state index in [1.807, 2.05) is 35.8 Å². The van der Waals surface area contributed by atoms with Crippen LogP contribution in [0.3, 0.4) is 0 Å². The van der Waals surface area contributed by atoms with Gasteiger partial charge in [-0.3, -0.25) is 0 Å². The maximum atomic E-state index is 12.2. The van der Waals surface area contributed by atoms with Gasteiger partial charge in [-0.1, -0.05) is 35.9 Å². The normalized spacial score (nSPS) is 10.8. The van der Waals surface area contributed by atoms with Crippen LogP contribution < -0.4 is 5.76 Å². The minimum absolute atomic E-state index is 0.177. The maximum Gasteiger partial charge on any atom is 0.437 e. The molecule has 0 unspecified atom stereocenters. The molecular weight excluding hydrogens is 390 g/mol. The molecule has 0 atom stereocenters. The quantitative estimate of drug-likeness (QED) is 0.505. The number of halogens is 1. The molecule has 2 aromatic heterocycles. The summed E-state index contributed by atoms with van der Waals surface area (Å²) in [6.45, 7) is 2.77. The van der Waals surface area contributed by atoms with Crippen molar-refractivity contribution >= 4 is 11.6 Å². The zero-order chi connectivity index (χ0) is 20.4. The molecular formula is C21H16ClN5O2. The van der Waals surface area contributed by atoms with Gasteiger partial charge in [0.25, 0.3) is 5.89 Å². The summed E-state index contributed by atoms with van der Waals surface area (Å²) in [5.74, 6) is -0.382. The monoisotopic (exact) mass is 405 g/mol. The highest BCUT2D eigenvalue weighted by atomic mass is 35.5. The van der Waals surface area contributed by atoms with Crippen LogP contribution in [0.2, 0.25) is 5.02 Å². The first-order chi connectivity index (χ1) is 14.0. The molecule has 0 radical (unpaired) electrons. The van der Waals surface area contributed by atoms with E-state index < -0.39 is 5.76 Å². The molecule has 4 rings (SSSR count). The number of hydrogen-bond acceptors (Lipinski definition) is 5. The van der Waals surface area contributed by atoms with Crippen molar-refractivity contribution in [1.29, 1.82) is 5.26 Å². The van der Waals surface area contributed by atoms with E-state index in [2.05, 4.69) is 16.2 Å². The van der Waals surface area contributed by atoms with E-state index in [1.165, 1.54) is 4.68 Å². The summed E-state index contributed by atoms with van der Waals surface area (Å²) in [6, 6.07) is 16.6. The third kappa shape index (κ3) is 3.98. The van der Waals surface area contributed by atoms with Crippen molar-refractivity contribution in [2.75, 3.05) is 0 Å². The summed E-state index contributed by atoms with van der Waals surface area (Å²) in [7, 11) is 0. The summed E-state index contributed by atoms with van der Waals surface area (Å²) in [5.41, 5.74) is 3.84. The number of rotatable bonds is 5. The van der Waals surface area contributed by atoms with Gasteiger partial charge in [-0.25, -0.2) is 9.78 Å². The molecule has 0 fully saturated rings. The number of imidazole rings is 1. The number of benzene rings is 2. The van der Waals surface area contributed by atoms with Gasteiger partial charge in [-0.2, -0.15) is 9.94 Å². The van der Waals surface area contributed by atoms with E-state index in [9.17, 15) is 4.79 Å². The van der Waals surface area contributed by atoms with Crippen LogP contribution in [-0.2, 0) is 13.1 Å². The molecule has 144 valence electrons. The van der Waals surface area contributed by atoms with Gasteiger partial charge in [-0.05, 0) is 42.3 Å². The van der Waals surface area contributed by atoms with Crippen molar-refractivity contribution in [3.05, 3.63) is 92.8 Å². The Bertz CT molecular complexity index is 1240. The Balaban J connectivity index is 1.57. The van der Waals surface area contributed by atoms with Gasteiger partial charge in [-0.15, -0.1) is 5.10 Å². The Morgan fingerprint density at radius 3 is 2.41 bits per heavy atom. The molecule has 0 amide bonds. The van der Waals surface area contributed by atoms with Crippen LogP contribution in [-0.4, -0.2) is 19.3 Å². The van der Waals surface area contributed by atoms with Crippen LogP contribution in [0.5, 0.6) is 0 Å². The first kappa shape index (κ1) is 18.7. The first-order valence-corrected chi connectivity index (χ1v) is 9.25. The average molecular weight is 406 g/mol. The Morgan fingerprint density at radius 2 is 1.72 bits per heavy atom. The van der Waals surface area contributed by atoms with Crippen LogP contribution in [0.4, 0.5) is 0 Å². The number of nitrogens with zero attached hydrogens (tertiary/aromatic N) is 5. The van der Waals surface area contributed by atoms with Gasteiger partial charge in [0.1, 0.15) is 5.69 Å².